The second-order valence-corrected chi connectivity index (χ2v) is 6.91. The summed E-state index contributed by atoms with van der Waals surface area (Å²) in [6, 6.07) is 5.60. The topological polar surface area (TPSA) is 70.7 Å². The van der Waals surface area contributed by atoms with Crippen molar-refractivity contribution in [3.8, 4) is 5.75 Å². The second kappa shape index (κ2) is 7.39. The largest absolute Gasteiger partial charge is 0.494 e. The van der Waals surface area contributed by atoms with Crippen molar-refractivity contribution < 1.29 is 18.7 Å². The Kier molecular flexibility index (Phi) is 5.22. The Balaban J connectivity index is 1.45. The first-order chi connectivity index (χ1) is 12.0. The molecule has 6 nitrogen and oxygen atoms in total. The zero-order chi connectivity index (χ0) is 17.9. The maximum Gasteiger partial charge on any atom is 0.322 e. The van der Waals surface area contributed by atoms with Gasteiger partial charge in [0.1, 0.15) is 17.1 Å². The molecule has 1 aromatic carbocycles. The predicted octanol–water partition coefficient (Wildman–Crippen LogP) is 1.90. The van der Waals surface area contributed by atoms with E-state index in [1.807, 2.05) is 0 Å². The number of halogens is 1. The van der Waals surface area contributed by atoms with E-state index in [2.05, 4.69) is 15.5 Å². The van der Waals surface area contributed by atoms with E-state index in [-0.39, 0.29) is 17.6 Å². The summed E-state index contributed by atoms with van der Waals surface area (Å²) in [5, 5.41) is 5.12. The highest BCUT2D eigenvalue weighted by atomic mass is 19.1. The number of benzene rings is 1. The molecule has 2 atom stereocenters. The number of likely N-dealkylation sites (tertiary alicyclic amines) is 1. The second-order valence-electron chi connectivity index (χ2n) is 6.91. The number of urea groups is 1. The van der Waals surface area contributed by atoms with E-state index in [0.717, 1.165) is 38.9 Å². The number of hydrogen-bond donors (Lipinski definition) is 2. The van der Waals surface area contributed by atoms with Crippen molar-refractivity contribution in [2.45, 2.75) is 31.7 Å². The third-order valence-electron chi connectivity index (χ3n) is 5.10. The number of piperidine rings is 1. The molecule has 2 unspecified atom stereocenters. The molecule has 1 aromatic rings. The Morgan fingerprint density at radius 3 is 2.76 bits per heavy atom. The summed E-state index contributed by atoms with van der Waals surface area (Å²) in [5.41, 5.74) is -0.819. The molecule has 3 amide bonds. The van der Waals surface area contributed by atoms with Crippen molar-refractivity contribution in [2.24, 2.45) is 5.92 Å². The molecular weight excluding hydrogens is 325 g/mol. The van der Waals surface area contributed by atoms with Crippen molar-refractivity contribution in [1.29, 1.82) is 0 Å². The van der Waals surface area contributed by atoms with Crippen LogP contribution in [0.5, 0.6) is 5.75 Å². The van der Waals surface area contributed by atoms with E-state index in [4.69, 9.17) is 4.74 Å². The summed E-state index contributed by atoms with van der Waals surface area (Å²) >= 11 is 0. The molecule has 136 valence electrons. The number of carbonyl (C=O) groups is 2. The van der Waals surface area contributed by atoms with Gasteiger partial charge in [0.25, 0.3) is 5.91 Å². The lowest BCUT2D eigenvalue weighted by Gasteiger charge is -2.39. The normalized spacial score (nSPS) is 27.0. The Bertz CT molecular complexity index is 637. The monoisotopic (exact) mass is 349 g/mol. The smallest absolute Gasteiger partial charge is 0.322 e. The average molecular weight is 349 g/mol. The first kappa shape index (κ1) is 17.7. The quantitative estimate of drug-likeness (QED) is 0.608. The Hall–Kier alpha value is -2.15. The fourth-order valence-electron chi connectivity index (χ4n) is 3.58. The molecule has 2 N–H and O–H groups in total. The lowest BCUT2D eigenvalue weighted by Crippen LogP contribution is -2.55. The minimum absolute atomic E-state index is 0.103. The fourth-order valence-corrected chi connectivity index (χ4v) is 3.58. The van der Waals surface area contributed by atoms with Crippen LogP contribution in [0.4, 0.5) is 9.18 Å². The number of nitrogens with one attached hydrogen (secondary N) is 2. The van der Waals surface area contributed by atoms with Crippen molar-refractivity contribution in [3.05, 3.63) is 30.1 Å². The number of imide groups is 1. The molecule has 2 aliphatic rings. The standard InChI is InChI=1S/C18H24FN3O3/c1-18(16(23)20-17(24)21-18)13-4-2-9-22(12-13)10-3-11-25-15-7-5-14(19)6-8-15/h5-8,13H,2-4,9-12H2,1H3,(H2,20,21,23,24). The maximum atomic E-state index is 12.8. The first-order valence-electron chi connectivity index (χ1n) is 8.72. The van der Waals surface area contributed by atoms with Gasteiger partial charge >= 0.3 is 6.03 Å². The van der Waals surface area contributed by atoms with Gasteiger partial charge in [-0.3, -0.25) is 10.1 Å². The van der Waals surface area contributed by atoms with Gasteiger partial charge in [0.05, 0.1) is 6.61 Å². The molecule has 0 radical (unpaired) electrons. The number of ether oxygens (including phenoxy) is 1. The number of rotatable bonds is 6. The molecule has 2 heterocycles. The van der Waals surface area contributed by atoms with E-state index in [1.54, 1.807) is 19.1 Å². The van der Waals surface area contributed by atoms with Crippen LogP contribution in [0.3, 0.4) is 0 Å². The molecule has 2 fully saturated rings. The van der Waals surface area contributed by atoms with Crippen LogP contribution in [-0.2, 0) is 4.79 Å². The van der Waals surface area contributed by atoms with Crippen molar-refractivity contribution in [1.82, 2.24) is 15.5 Å². The van der Waals surface area contributed by atoms with Crippen LogP contribution < -0.4 is 15.4 Å². The van der Waals surface area contributed by atoms with Gasteiger partial charge in [0.15, 0.2) is 0 Å². The Morgan fingerprint density at radius 2 is 2.08 bits per heavy atom. The number of hydrogen-bond acceptors (Lipinski definition) is 4. The lowest BCUT2D eigenvalue weighted by molar-refractivity contribution is -0.126. The first-order valence-corrected chi connectivity index (χ1v) is 8.72. The SMILES string of the molecule is CC1(C2CCCN(CCCOc3ccc(F)cc3)C2)NC(=O)NC1=O. The number of carbonyl (C=O) groups excluding carboxylic acids is 2. The maximum absolute atomic E-state index is 12.8. The molecule has 0 bridgehead atoms. The van der Waals surface area contributed by atoms with Gasteiger partial charge in [-0.25, -0.2) is 9.18 Å². The van der Waals surface area contributed by atoms with Gasteiger partial charge in [-0.15, -0.1) is 0 Å². The minimum atomic E-state index is -0.819. The average Bonchev–Trinajstić information content (AvgIpc) is 2.87. The minimum Gasteiger partial charge on any atom is -0.494 e. The molecule has 25 heavy (non-hydrogen) atoms. The van der Waals surface area contributed by atoms with E-state index in [9.17, 15) is 14.0 Å². The zero-order valence-corrected chi connectivity index (χ0v) is 14.4. The molecule has 0 aromatic heterocycles. The summed E-state index contributed by atoms with van der Waals surface area (Å²) in [7, 11) is 0. The van der Waals surface area contributed by atoms with Crippen molar-refractivity contribution >= 4 is 11.9 Å². The third kappa shape index (κ3) is 4.10. The summed E-state index contributed by atoms with van der Waals surface area (Å²) in [5.74, 6) is 0.258. The third-order valence-corrected chi connectivity index (χ3v) is 5.10. The van der Waals surface area contributed by atoms with E-state index in [1.165, 1.54) is 12.1 Å². The van der Waals surface area contributed by atoms with Gasteiger partial charge in [-0.1, -0.05) is 0 Å². The van der Waals surface area contributed by atoms with Crippen LogP contribution in [0, 0.1) is 11.7 Å². The summed E-state index contributed by atoms with van der Waals surface area (Å²) < 4.78 is 18.5. The molecule has 7 heteroatoms. The molecule has 2 saturated heterocycles. The summed E-state index contributed by atoms with van der Waals surface area (Å²) in [4.78, 5) is 25.9. The van der Waals surface area contributed by atoms with Gasteiger partial charge < -0.3 is 15.0 Å². The summed E-state index contributed by atoms with van der Waals surface area (Å²) in [6.45, 7) is 4.99. The molecule has 0 aliphatic carbocycles. The van der Waals surface area contributed by atoms with Crippen LogP contribution in [0.2, 0.25) is 0 Å². The van der Waals surface area contributed by atoms with E-state index >= 15 is 0 Å². The molecule has 0 saturated carbocycles. The molecule has 3 rings (SSSR count). The van der Waals surface area contributed by atoms with Crippen LogP contribution in [0.1, 0.15) is 26.2 Å². The van der Waals surface area contributed by atoms with Crippen LogP contribution in [0.25, 0.3) is 0 Å². The van der Waals surface area contributed by atoms with Gasteiger partial charge in [-0.2, -0.15) is 0 Å². The highest BCUT2D eigenvalue weighted by Crippen LogP contribution is 2.29. The number of amides is 3. The van der Waals surface area contributed by atoms with Crippen molar-refractivity contribution in [3.63, 3.8) is 0 Å². The lowest BCUT2D eigenvalue weighted by atomic mass is 9.80. The van der Waals surface area contributed by atoms with Gasteiger partial charge in [-0.05, 0) is 57.0 Å². The Morgan fingerprint density at radius 1 is 1.32 bits per heavy atom. The fraction of sp³-hybridized carbons (Fsp3) is 0.556. The number of nitrogens with zero attached hydrogens (tertiary/aromatic N) is 1. The van der Waals surface area contributed by atoms with Crippen LogP contribution in [0.15, 0.2) is 24.3 Å². The van der Waals surface area contributed by atoms with Gasteiger partial charge in [0.2, 0.25) is 0 Å². The highest BCUT2D eigenvalue weighted by Gasteiger charge is 2.48. The van der Waals surface area contributed by atoms with E-state index in [0.29, 0.717) is 12.4 Å². The highest BCUT2D eigenvalue weighted by molar-refractivity contribution is 6.06. The molecule has 2 aliphatic heterocycles. The van der Waals surface area contributed by atoms with Crippen LogP contribution >= 0.6 is 0 Å². The Labute approximate surface area is 146 Å². The zero-order valence-electron chi connectivity index (χ0n) is 14.4. The predicted molar refractivity (Wildman–Crippen MR) is 90.8 cm³/mol. The van der Waals surface area contributed by atoms with E-state index < -0.39 is 11.6 Å². The van der Waals surface area contributed by atoms with Crippen LogP contribution in [-0.4, -0.2) is 48.6 Å². The molecule has 0 spiro atoms. The van der Waals surface area contributed by atoms with Gasteiger partial charge in [0, 0.05) is 19.0 Å². The van der Waals surface area contributed by atoms with Crippen molar-refractivity contribution in [2.75, 3.05) is 26.2 Å². The molecular formula is C18H24FN3O3. The summed E-state index contributed by atoms with van der Waals surface area (Å²) in [6.07, 6.45) is 2.77.